The highest BCUT2D eigenvalue weighted by molar-refractivity contribution is 9.10. The minimum Gasteiger partial charge on any atom is -0.472 e. The third-order valence-electron chi connectivity index (χ3n) is 3.68. The van der Waals surface area contributed by atoms with Crippen LogP contribution in [0.15, 0.2) is 27.3 Å². The molecule has 1 aliphatic rings. The highest BCUT2D eigenvalue weighted by atomic mass is 79.9. The maximum absolute atomic E-state index is 12.4. The number of hydrogen-bond acceptors (Lipinski definition) is 5. The van der Waals surface area contributed by atoms with Gasteiger partial charge in [0.25, 0.3) is 5.91 Å². The molecule has 0 aromatic carbocycles. The van der Waals surface area contributed by atoms with Crippen molar-refractivity contribution in [1.29, 1.82) is 0 Å². The van der Waals surface area contributed by atoms with E-state index in [0.29, 0.717) is 35.2 Å². The molecule has 1 fully saturated rings. The Morgan fingerprint density at radius 3 is 2.91 bits per heavy atom. The van der Waals surface area contributed by atoms with Crippen LogP contribution >= 0.6 is 15.9 Å². The summed E-state index contributed by atoms with van der Waals surface area (Å²) < 4.78 is 11.9. The van der Waals surface area contributed by atoms with E-state index in [1.165, 1.54) is 0 Å². The van der Waals surface area contributed by atoms with Crippen LogP contribution in [0.4, 0.5) is 0 Å². The molecule has 3 rings (SSSR count). The third kappa shape index (κ3) is 3.90. The number of halogens is 1. The number of amides is 1. The lowest BCUT2D eigenvalue weighted by Crippen LogP contribution is -2.44. The summed E-state index contributed by atoms with van der Waals surface area (Å²) in [6.45, 7) is 4.98. The fraction of sp³-hybridized carbons (Fsp3) is 0.438. The Balaban J connectivity index is 1.67. The van der Waals surface area contributed by atoms with E-state index in [2.05, 4.69) is 25.9 Å². The lowest BCUT2D eigenvalue weighted by molar-refractivity contribution is 0.0498. The molecule has 1 aliphatic heterocycles. The molecule has 0 aliphatic carbocycles. The van der Waals surface area contributed by atoms with Gasteiger partial charge in [-0.1, -0.05) is 0 Å². The fourth-order valence-electron chi connectivity index (χ4n) is 2.72. The number of furan rings is 1. The molecule has 0 spiro atoms. The summed E-state index contributed by atoms with van der Waals surface area (Å²) in [7, 11) is 0. The van der Waals surface area contributed by atoms with Crippen molar-refractivity contribution in [2.45, 2.75) is 32.8 Å². The lowest BCUT2D eigenvalue weighted by atomic mass is 10.1. The van der Waals surface area contributed by atoms with Crippen LogP contribution in [0.2, 0.25) is 0 Å². The Morgan fingerprint density at radius 2 is 2.22 bits per heavy atom. The van der Waals surface area contributed by atoms with Crippen LogP contribution in [0.5, 0.6) is 5.88 Å². The summed E-state index contributed by atoms with van der Waals surface area (Å²) in [5.41, 5.74) is 0.872. The molecule has 3 heterocycles. The number of ether oxygens (including phenoxy) is 1. The maximum Gasteiger partial charge on any atom is 0.289 e. The monoisotopic (exact) mass is 379 g/mol. The standard InChI is InChI=1S/C16H18BrN3O3/c1-10-8-15(19-11(2)18-10)22-12-4-3-7-20(9-12)16(21)13-5-6-14(17)23-13/h5-6,8,12H,3-4,7,9H2,1-2H3. The van der Waals surface area contributed by atoms with Gasteiger partial charge in [0.05, 0.1) is 6.54 Å². The van der Waals surface area contributed by atoms with Crippen molar-refractivity contribution in [2.24, 2.45) is 0 Å². The second-order valence-corrected chi connectivity index (χ2v) is 6.41. The van der Waals surface area contributed by atoms with Crippen LogP contribution in [0.1, 0.15) is 34.9 Å². The molecule has 7 heteroatoms. The molecule has 1 unspecified atom stereocenters. The maximum atomic E-state index is 12.4. The van der Waals surface area contributed by atoms with Crippen LogP contribution in [0, 0.1) is 13.8 Å². The Labute approximate surface area is 143 Å². The minimum absolute atomic E-state index is 0.0696. The highest BCUT2D eigenvalue weighted by Crippen LogP contribution is 2.21. The number of nitrogens with zero attached hydrogens (tertiary/aromatic N) is 3. The van der Waals surface area contributed by atoms with E-state index in [1.807, 2.05) is 19.9 Å². The second kappa shape index (κ2) is 6.70. The van der Waals surface area contributed by atoms with E-state index in [-0.39, 0.29) is 12.0 Å². The predicted octanol–water partition coefficient (Wildman–Crippen LogP) is 3.13. The fourth-order valence-corrected chi connectivity index (χ4v) is 3.02. The minimum atomic E-state index is -0.112. The van der Waals surface area contributed by atoms with Crippen LogP contribution in [-0.2, 0) is 0 Å². The van der Waals surface area contributed by atoms with Gasteiger partial charge in [0.2, 0.25) is 5.88 Å². The van der Waals surface area contributed by atoms with Gasteiger partial charge in [0, 0.05) is 18.3 Å². The lowest BCUT2D eigenvalue weighted by Gasteiger charge is -2.32. The molecule has 1 atom stereocenters. The van der Waals surface area contributed by atoms with Gasteiger partial charge in [-0.15, -0.1) is 0 Å². The van der Waals surface area contributed by atoms with Crippen LogP contribution < -0.4 is 4.74 Å². The van der Waals surface area contributed by atoms with Gasteiger partial charge >= 0.3 is 0 Å². The third-order valence-corrected chi connectivity index (χ3v) is 4.11. The topological polar surface area (TPSA) is 68.5 Å². The van der Waals surface area contributed by atoms with Gasteiger partial charge in [-0.3, -0.25) is 4.79 Å². The molecular weight excluding hydrogens is 362 g/mol. The van der Waals surface area contributed by atoms with Crippen molar-refractivity contribution in [3.8, 4) is 5.88 Å². The number of carbonyl (C=O) groups excluding carboxylic acids is 1. The quantitative estimate of drug-likeness (QED) is 0.819. The number of carbonyl (C=O) groups is 1. The van der Waals surface area contributed by atoms with Crippen molar-refractivity contribution < 1.29 is 13.9 Å². The zero-order valence-electron chi connectivity index (χ0n) is 13.1. The smallest absolute Gasteiger partial charge is 0.289 e. The predicted molar refractivity (Wildman–Crippen MR) is 87.5 cm³/mol. The van der Waals surface area contributed by atoms with Crippen molar-refractivity contribution in [1.82, 2.24) is 14.9 Å². The Hall–Kier alpha value is -1.89. The van der Waals surface area contributed by atoms with Crippen molar-refractivity contribution in [2.75, 3.05) is 13.1 Å². The van der Waals surface area contributed by atoms with Crippen molar-refractivity contribution in [3.63, 3.8) is 0 Å². The molecule has 23 heavy (non-hydrogen) atoms. The van der Waals surface area contributed by atoms with E-state index in [0.717, 1.165) is 18.5 Å². The molecule has 1 saturated heterocycles. The molecule has 122 valence electrons. The Morgan fingerprint density at radius 1 is 1.39 bits per heavy atom. The second-order valence-electron chi connectivity index (χ2n) is 5.63. The molecule has 0 bridgehead atoms. The molecular formula is C16H18BrN3O3. The van der Waals surface area contributed by atoms with E-state index in [9.17, 15) is 4.79 Å². The first-order valence-electron chi connectivity index (χ1n) is 7.55. The van der Waals surface area contributed by atoms with Gasteiger partial charge in [-0.25, -0.2) is 4.98 Å². The van der Waals surface area contributed by atoms with Crippen molar-refractivity contribution >= 4 is 21.8 Å². The number of likely N-dealkylation sites (tertiary alicyclic amines) is 1. The summed E-state index contributed by atoms with van der Waals surface area (Å²) in [5, 5.41) is 0. The summed E-state index contributed by atoms with van der Waals surface area (Å²) >= 11 is 3.22. The zero-order chi connectivity index (χ0) is 16.4. The zero-order valence-corrected chi connectivity index (χ0v) is 14.7. The first kappa shape index (κ1) is 16.0. The van der Waals surface area contributed by atoms with Gasteiger partial charge in [-0.2, -0.15) is 4.98 Å². The van der Waals surface area contributed by atoms with Gasteiger partial charge in [-0.05, 0) is 54.8 Å². The summed E-state index contributed by atoms with van der Waals surface area (Å²) in [5.74, 6) is 1.48. The highest BCUT2D eigenvalue weighted by Gasteiger charge is 2.27. The molecule has 1 amide bonds. The number of rotatable bonds is 3. The molecule has 2 aromatic rings. The van der Waals surface area contributed by atoms with E-state index < -0.39 is 0 Å². The molecule has 6 nitrogen and oxygen atoms in total. The number of aromatic nitrogens is 2. The van der Waals surface area contributed by atoms with E-state index >= 15 is 0 Å². The summed E-state index contributed by atoms with van der Waals surface area (Å²) in [6, 6.07) is 5.21. The first-order chi connectivity index (χ1) is 11.0. The van der Waals surface area contributed by atoms with Gasteiger partial charge in [0.1, 0.15) is 11.9 Å². The summed E-state index contributed by atoms with van der Waals surface area (Å²) in [4.78, 5) is 22.8. The van der Waals surface area contributed by atoms with Crippen LogP contribution in [0.3, 0.4) is 0 Å². The Kier molecular flexibility index (Phi) is 4.66. The summed E-state index contributed by atoms with van der Waals surface area (Å²) in [6.07, 6.45) is 1.72. The van der Waals surface area contributed by atoms with Crippen LogP contribution in [0.25, 0.3) is 0 Å². The van der Waals surface area contributed by atoms with E-state index in [4.69, 9.17) is 9.15 Å². The SMILES string of the molecule is Cc1cc(OC2CCCN(C(=O)c3ccc(Br)o3)C2)nc(C)n1. The average molecular weight is 380 g/mol. The van der Waals surface area contributed by atoms with Crippen LogP contribution in [-0.4, -0.2) is 40.0 Å². The van der Waals surface area contributed by atoms with Gasteiger partial charge < -0.3 is 14.1 Å². The molecule has 2 aromatic heterocycles. The van der Waals surface area contributed by atoms with Crippen molar-refractivity contribution in [3.05, 3.63) is 40.1 Å². The van der Waals surface area contributed by atoms with Gasteiger partial charge in [0.15, 0.2) is 10.4 Å². The molecule has 0 N–H and O–H groups in total. The number of aryl methyl sites for hydroxylation is 2. The number of hydrogen-bond donors (Lipinski definition) is 0. The Bertz CT molecular complexity index is 696. The average Bonchev–Trinajstić information content (AvgIpc) is 2.92. The largest absolute Gasteiger partial charge is 0.472 e. The first-order valence-corrected chi connectivity index (χ1v) is 8.34. The number of piperidine rings is 1. The normalized spacial score (nSPS) is 18.0. The molecule has 0 radical (unpaired) electrons. The van der Waals surface area contributed by atoms with E-state index in [1.54, 1.807) is 17.0 Å². The molecule has 0 saturated carbocycles.